The van der Waals surface area contributed by atoms with Gasteiger partial charge in [0.15, 0.2) is 0 Å². The SMILES string of the molecule is O=C(NC(CC(F)F)C(=O)N1CCCC[C@@H]1C(=O)O)OCC1c2ccccc2-c2ccccc21. The van der Waals surface area contributed by atoms with E-state index in [1.54, 1.807) is 0 Å². The van der Waals surface area contributed by atoms with Gasteiger partial charge in [-0.1, -0.05) is 48.5 Å². The Labute approximate surface area is 195 Å². The monoisotopic (exact) mass is 472 g/mol. The Morgan fingerprint density at radius 2 is 1.65 bits per heavy atom. The lowest BCUT2D eigenvalue weighted by Gasteiger charge is -2.35. The number of nitrogens with one attached hydrogen (secondary N) is 1. The van der Waals surface area contributed by atoms with Crippen molar-refractivity contribution in [3.8, 4) is 11.1 Å². The summed E-state index contributed by atoms with van der Waals surface area (Å²) in [4.78, 5) is 38.1. The van der Waals surface area contributed by atoms with E-state index in [9.17, 15) is 28.3 Å². The number of likely N-dealkylation sites (tertiary alicyclic amines) is 1. The summed E-state index contributed by atoms with van der Waals surface area (Å²) in [6.45, 7) is 0.110. The molecule has 9 heteroatoms. The molecule has 2 amide bonds. The zero-order valence-corrected chi connectivity index (χ0v) is 18.5. The highest BCUT2D eigenvalue weighted by molar-refractivity contribution is 5.89. The summed E-state index contributed by atoms with van der Waals surface area (Å²) in [7, 11) is 0. The Kier molecular flexibility index (Phi) is 7.09. The molecule has 1 aliphatic carbocycles. The van der Waals surface area contributed by atoms with Gasteiger partial charge in [0.05, 0.1) is 0 Å². The zero-order valence-electron chi connectivity index (χ0n) is 18.5. The molecule has 0 radical (unpaired) electrons. The number of piperidine rings is 1. The van der Waals surface area contributed by atoms with Crippen LogP contribution in [-0.2, 0) is 14.3 Å². The molecule has 4 rings (SSSR count). The summed E-state index contributed by atoms with van der Waals surface area (Å²) < 4.78 is 31.8. The summed E-state index contributed by atoms with van der Waals surface area (Å²) in [5, 5.41) is 11.7. The second-order valence-corrected chi connectivity index (χ2v) is 8.53. The fourth-order valence-corrected chi connectivity index (χ4v) is 4.83. The molecule has 1 saturated heterocycles. The number of rotatable bonds is 7. The summed E-state index contributed by atoms with van der Waals surface area (Å²) in [6, 6.07) is 12.9. The van der Waals surface area contributed by atoms with Crippen LogP contribution in [0.2, 0.25) is 0 Å². The first-order valence-corrected chi connectivity index (χ1v) is 11.3. The molecule has 34 heavy (non-hydrogen) atoms. The largest absolute Gasteiger partial charge is 0.480 e. The third kappa shape index (κ3) is 4.88. The fraction of sp³-hybridized carbons (Fsp3) is 0.400. The number of carboxylic acid groups (broad SMARTS) is 1. The van der Waals surface area contributed by atoms with E-state index in [1.165, 1.54) is 0 Å². The molecule has 2 aliphatic rings. The molecular formula is C25H26F2N2O5. The maximum Gasteiger partial charge on any atom is 0.407 e. The first-order valence-electron chi connectivity index (χ1n) is 11.3. The van der Waals surface area contributed by atoms with Crippen molar-refractivity contribution in [2.75, 3.05) is 13.2 Å². The van der Waals surface area contributed by atoms with Crippen LogP contribution in [0.15, 0.2) is 48.5 Å². The highest BCUT2D eigenvalue weighted by atomic mass is 19.3. The molecule has 1 fully saturated rings. The van der Waals surface area contributed by atoms with Crippen LogP contribution in [-0.4, -0.2) is 59.6 Å². The molecule has 1 aliphatic heterocycles. The van der Waals surface area contributed by atoms with E-state index in [-0.39, 0.29) is 25.5 Å². The van der Waals surface area contributed by atoms with Crippen LogP contribution < -0.4 is 5.32 Å². The molecule has 2 N–H and O–H groups in total. The van der Waals surface area contributed by atoms with Crippen LogP contribution in [0, 0.1) is 0 Å². The van der Waals surface area contributed by atoms with E-state index >= 15 is 0 Å². The van der Waals surface area contributed by atoms with Crippen molar-refractivity contribution in [1.82, 2.24) is 10.2 Å². The second kappa shape index (κ2) is 10.2. The lowest BCUT2D eigenvalue weighted by Crippen LogP contribution is -2.56. The Morgan fingerprint density at radius 3 is 2.24 bits per heavy atom. The van der Waals surface area contributed by atoms with Crippen molar-refractivity contribution in [2.45, 2.75) is 50.1 Å². The second-order valence-electron chi connectivity index (χ2n) is 8.53. The molecule has 0 aromatic heterocycles. The molecule has 2 aromatic carbocycles. The number of carbonyl (C=O) groups excluding carboxylic acids is 2. The van der Waals surface area contributed by atoms with Crippen molar-refractivity contribution >= 4 is 18.0 Å². The average molecular weight is 472 g/mol. The molecular weight excluding hydrogens is 446 g/mol. The van der Waals surface area contributed by atoms with Crippen LogP contribution in [0.3, 0.4) is 0 Å². The number of halogens is 2. The van der Waals surface area contributed by atoms with E-state index in [1.807, 2.05) is 48.5 Å². The number of alkyl halides is 2. The summed E-state index contributed by atoms with van der Waals surface area (Å²) in [5.74, 6) is -2.24. The quantitative estimate of drug-likeness (QED) is 0.635. The van der Waals surface area contributed by atoms with E-state index in [0.717, 1.165) is 27.2 Å². The molecule has 2 atom stereocenters. The van der Waals surface area contributed by atoms with Crippen molar-refractivity contribution < 1.29 is 33.0 Å². The van der Waals surface area contributed by atoms with Gasteiger partial charge in [-0.15, -0.1) is 0 Å². The van der Waals surface area contributed by atoms with Crippen LogP contribution in [0.25, 0.3) is 11.1 Å². The number of ether oxygens (including phenoxy) is 1. The lowest BCUT2D eigenvalue weighted by molar-refractivity contribution is -0.153. The number of amides is 2. The average Bonchev–Trinajstić information content (AvgIpc) is 3.15. The van der Waals surface area contributed by atoms with Gasteiger partial charge in [0.1, 0.15) is 18.7 Å². The minimum absolute atomic E-state index is 0.0308. The van der Waals surface area contributed by atoms with Gasteiger partial charge in [-0.25, -0.2) is 18.4 Å². The number of carbonyl (C=O) groups is 3. The van der Waals surface area contributed by atoms with Gasteiger partial charge in [0, 0.05) is 18.9 Å². The van der Waals surface area contributed by atoms with Crippen LogP contribution in [0.4, 0.5) is 13.6 Å². The Hall–Kier alpha value is -3.49. The minimum Gasteiger partial charge on any atom is -0.480 e. The first-order chi connectivity index (χ1) is 16.4. The van der Waals surface area contributed by atoms with E-state index in [2.05, 4.69) is 5.32 Å². The molecule has 1 unspecified atom stereocenters. The maximum absolute atomic E-state index is 13.2. The summed E-state index contributed by atoms with van der Waals surface area (Å²) in [5.41, 5.74) is 4.08. The zero-order chi connectivity index (χ0) is 24.2. The van der Waals surface area contributed by atoms with Gasteiger partial charge >= 0.3 is 12.1 Å². The van der Waals surface area contributed by atoms with Gasteiger partial charge in [-0.05, 0) is 41.5 Å². The van der Waals surface area contributed by atoms with Gasteiger partial charge < -0.3 is 20.1 Å². The number of fused-ring (bicyclic) bond motifs is 3. The third-order valence-corrected chi connectivity index (χ3v) is 6.42. The maximum atomic E-state index is 13.2. The topological polar surface area (TPSA) is 95.9 Å². The number of hydrogen-bond donors (Lipinski definition) is 2. The highest BCUT2D eigenvalue weighted by Crippen LogP contribution is 2.44. The van der Waals surface area contributed by atoms with Gasteiger partial charge in [-0.3, -0.25) is 4.79 Å². The highest BCUT2D eigenvalue weighted by Gasteiger charge is 2.37. The molecule has 1 heterocycles. The number of hydrogen-bond acceptors (Lipinski definition) is 4. The van der Waals surface area contributed by atoms with E-state index in [4.69, 9.17) is 4.74 Å². The number of carboxylic acids is 1. The normalized spacial score (nSPS) is 18.2. The summed E-state index contributed by atoms with van der Waals surface area (Å²) >= 11 is 0. The number of aliphatic carboxylic acids is 1. The van der Waals surface area contributed by atoms with Crippen molar-refractivity contribution in [2.24, 2.45) is 0 Å². The molecule has 180 valence electrons. The third-order valence-electron chi connectivity index (χ3n) is 6.42. The van der Waals surface area contributed by atoms with Crippen LogP contribution in [0.1, 0.15) is 42.7 Å². The van der Waals surface area contributed by atoms with Gasteiger partial charge in [0.25, 0.3) is 0 Å². The Morgan fingerprint density at radius 1 is 1.03 bits per heavy atom. The lowest BCUT2D eigenvalue weighted by atomic mass is 9.98. The molecule has 0 saturated carbocycles. The fourth-order valence-electron chi connectivity index (χ4n) is 4.83. The number of alkyl carbamates (subject to hydrolysis) is 1. The Balaban J connectivity index is 1.45. The predicted octanol–water partition coefficient (Wildman–Crippen LogP) is 4.01. The van der Waals surface area contributed by atoms with Crippen molar-refractivity contribution in [1.29, 1.82) is 0 Å². The van der Waals surface area contributed by atoms with Gasteiger partial charge in [-0.2, -0.15) is 0 Å². The van der Waals surface area contributed by atoms with Crippen LogP contribution in [0.5, 0.6) is 0 Å². The molecule has 7 nitrogen and oxygen atoms in total. The molecule has 0 spiro atoms. The van der Waals surface area contributed by atoms with Crippen molar-refractivity contribution in [3.05, 3.63) is 59.7 Å². The van der Waals surface area contributed by atoms with Crippen molar-refractivity contribution in [3.63, 3.8) is 0 Å². The summed E-state index contributed by atoms with van der Waals surface area (Å²) in [6.07, 6.45) is -3.35. The standard InChI is InChI=1S/C25H26F2N2O5/c26-22(27)13-20(23(30)29-12-6-5-11-21(29)24(31)32)28-25(33)34-14-19-17-9-3-1-7-15(17)16-8-2-4-10-18(16)19/h1-4,7-10,19-22H,5-6,11-14H2,(H,28,33)(H,31,32)/t20?,21-/m1/s1. The number of nitrogens with zero attached hydrogens (tertiary/aromatic N) is 1. The predicted molar refractivity (Wildman–Crippen MR) is 120 cm³/mol. The van der Waals surface area contributed by atoms with Gasteiger partial charge in [0.2, 0.25) is 12.3 Å². The first kappa shape index (κ1) is 23.7. The van der Waals surface area contributed by atoms with E-state index < -0.39 is 42.9 Å². The minimum atomic E-state index is -2.86. The van der Waals surface area contributed by atoms with Crippen LogP contribution >= 0.6 is 0 Å². The Bertz CT molecular complexity index is 1030. The molecule has 0 bridgehead atoms. The number of benzene rings is 2. The smallest absolute Gasteiger partial charge is 0.407 e. The van der Waals surface area contributed by atoms with E-state index in [0.29, 0.717) is 12.8 Å². The molecule has 2 aromatic rings.